The molecule has 0 radical (unpaired) electrons. The lowest BCUT2D eigenvalue weighted by molar-refractivity contribution is -0.0731. The second kappa shape index (κ2) is 3.40. The molecule has 1 aliphatic carbocycles. The van der Waals surface area contributed by atoms with Crippen LogP contribution in [0.15, 0.2) is 11.6 Å². The van der Waals surface area contributed by atoms with E-state index in [2.05, 4.69) is 0 Å². The third kappa shape index (κ3) is 2.10. The smallest absolute Gasteiger partial charge is 0.101 e. The first kappa shape index (κ1) is 10.7. The SMILES string of the molecule is CC(C)C1=C[C@@H](O)[C@@](C)(O)C[C@H]1O. The van der Waals surface area contributed by atoms with Crippen molar-refractivity contribution in [1.29, 1.82) is 0 Å². The highest BCUT2D eigenvalue weighted by Crippen LogP contribution is 2.31. The number of aliphatic hydroxyl groups is 3. The van der Waals surface area contributed by atoms with E-state index in [4.69, 9.17) is 0 Å². The molecule has 0 aliphatic heterocycles. The van der Waals surface area contributed by atoms with Gasteiger partial charge in [0.05, 0.1) is 11.7 Å². The zero-order valence-corrected chi connectivity index (χ0v) is 8.36. The van der Waals surface area contributed by atoms with Crippen LogP contribution >= 0.6 is 0 Å². The molecule has 3 heteroatoms. The summed E-state index contributed by atoms with van der Waals surface area (Å²) in [5.74, 6) is 0.209. The molecule has 3 atom stereocenters. The Bertz CT molecular complexity index is 218. The van der Waals surface area contributed by atoms with Gasteiger partial charge in [-0.25, -0.2) is 0 Å². The average Bonchev–Trinajstić information content (AvgIpc) is 1.95. The third-order valence-electron chi connectivity index (χ3n) is 2.65. The van der Waals surface area contributed by atoms with Gasteiger partial charge < -0.3 is 15.3 Å². The summed E-state index contributed by atoms with van der Waals surface area (Å²) < 4.78 is 0. The largest absolute Gasteiger partial charge is 0.389 e. The molecule has 0 amide bonds. The van der Waals surface area contributed by atoms with Crippen LogP contribution in [0.5, 0.6) is 0 Å². The number of aliphatic hydroxyl groups excluding tert-OH is 2. The molecule has 0 aromatic rings. The first-order valence-electron chi connectivity index (χ1n) is 4.64. The Labute approximate surface area is 78.7 Å². The van der Waals surface area contributed by atoms with Crippen molar-refractivity contribution in [3.8, 4) is 0 Å². The van der Waals surface area contributed by atoms with Gasteiger partial charge in [-0.3, -0.25) is 0 Å². The normalized spacial score (nSPS) is 40.7. The van der Waals surface area contributed by atoms with Crippen molar-refractivity contribution in [3.63, 3.8) is 0 Å². The van der Waals surface area contributed by atoms with Crippen molar-refractivity contribution < 1.29 is 15.3 Å². The van der Waals surface area contributed by atoms with Crippen molar-refractivity contribution in [1.82, 2.24) is 0 Å². The van der Waals surface area contributed by atoms with Gasteiger partial charge in [0.1, 0.15) is 6.10 Å². The first-order valence-corrected chi connectivity index (χ1v) is 4.64. The van der Waals surface area contributed by atoms with Gasteiger partial charge in [-0.15, -0.1) is 0 Å². The highest BCUT2D eigenvalue weighted by Gasteiger charge is 2.37. The predicted molar refractivity (Wildman–Crippen MR) is 50.2 cm³/mol. The second-order valence-electron chi connectivity index (χ2n) is 4.34. The Morgan fingerprint density at radius 1 is 1.46 bits per heavy atom. The molecule has 0 bridgehead atoms. The van der Waals surface area contributed by atoms with Crippen LogP contribution in [0.4, 0.5) is 0 Å². The zero-order valence-electron chi connectivity index (χ0n) is 8.36. The van der Waals surface area contributed by atoms with Gasteiger partial charge in [-0.1, -0.05) is 19.9 Å². The molecule has 0 fully saturated rings. The summed E-state index contributed by atoms with van der Waals surface area (Å²) in [5.41, 5.74) is -0.378. The van der Waals surface area contributed by atoms with Crippen LogP contribution in [0.2, 0.25) is 0 Å². The summed E-state index contributed by atoms with van der Waals surface area (Å²) in [4.78, 5) is 0. The van der Waals surface area contributed by atoms with E-state index in [1.807, 2.05) is 13.8 Å². The highest BCUT2D eigenvalue weighted by molar-refractivity contribution is 5.20. The lowest BCUT2D eigenvalue weighted by atomic mass is 9.79. The van der Waals surface area contributed by atoms with E-state index in [0.717, 1.165) is 5.57 Å². The van der Waals surface area contributed by atoms with E-state index in [0.29, 0.717) is 0 Å². The van der Waals surface area contributed by atoms with Gasteiger partial charge in [-0.2, -0.15) is 0 Å². The number of rotatable bonds is 1. The number of hydrogen-bond acceptors (Lipinski definition) is 3. The predicted octanol–water partition coefficient (Wildman–Crippen LogP) is 0.445. The maximum Gasteiger partial charge on any atom is 0.101 e. The Morgan fingerprint density at radius 3 is 2.46 bits per heavy atom. The van der Waals surface area contributed by atoms with E-state index < -0.39 is 17.8 Å². The molecule has 3 nitrogen and oxygen atoms in total. The van der Waals surface area contributed by atoms with Gasteiger partial charge in [0, 0.05) is 6.42 Å². The summed E-state index contributed by atoms with van der Waals surface area (Å²) in [7, 11) is 0. The van der Waals surface area contributed by atoms with E-state index in [9.17, 15) is 15.3 Å². The van der Waals surface area contributed by atoms with Gasteiger partial charge >= 0.3 is 0 Å². The Hall–Kier alpha value is -0.380. The summed E-state index contributed by atoms with van der Waals surface area (Å²) in [6, 6.07) is 0. The van der Waals surface area contributed by atoms with E-state index >= 15 is 0 Å². The molecule has 0 heterocycles. The van der Waals surface area contributed by atoms with Crippen LogP contribution in [0.3, 0.4) is 0 Å². The Kier molecular flexibility index (Phi) is 2.80. The quantitative estimate of drug-likeness (QED) is 0.521. The molecular formula is C10H18O3. The molecule has 1 aliphatic rings. The molecule has 0 aromatic carbocycles. The summed E-state index contributed by atoms with van der Waals surface area (Å²) in [6.45, 7) is 5.46. The van der Waals surface area contributed by atoms with Crippen LogP contribution in [-0.4, -0.2) is 33.1 Å². The fourth-order valence-corrected chi connectivity index (χ4v) is 1.68. The average molecular weight is 186 g/mol. The summed E-state index contributed by atoms with van der Waals surface area (Å²) >= 11 is 0. The van der Waals surface area contributed by atoms with Crippen LogP contribution in [-0.2, 0) is 0 Å². The van der Waals surface area contributed by atoms with Crippen molar-refractivity contribution in [3.05, 3.63) is 11.6 Å². The van der Waals surface area contributed by atoms with Crippen LogP contribution < -0.4 is 0 Å². The molecule has 0 spiro atoms. The van der Waals surface area contributed by atoms with E-state index in [1.54, 1.807) is 6.08 Å². The first-order chi connectivity index (χ1) is 5.84. The maximum absolute atomic E-state index is 9.66. The Morgan fingerprint density at radius 2 is 2.00 bits per heavy atom. The van der Waals surface area contributed by atoms with Crippen molar-refractivity contribution >= 4 is 0 Å². The van der Waals surface area contributed by atoms with Gasteiger partial charge in [0.2, 0.25) is 0 Å². The minimum atomic E-state index is -1.20. The molecule has 0 saturated carbocycles. The van der Waals surface area contributed by atoms with E-state index in [-0.39, 0.29) is 12.3 Å². The standard InChI is InChI=1S/C10H18O3/c1-6(2)7-4-9(12)10(3,13)5-8(7)11/h4,6,8-9,11-13H,5H2,1-3H3/t8-,9-,10+/m1/s1. The summed E-state index contributed by atoms with van der Waals surface area (Å²) in [6.07, 6.45) is 0.281. The molecule has 0 aromatic heterocycles. The van der Waals surface area contributed by atoms with Crippen molar-refractivity contribution in [2.24, 2.45) is 5.92 Å². The fraction of sp³-hybridized carbons (Fsp3) is 0.800. The lowest BCUT2D eigenvalue weighted by Crippen LogP contribution is -2.45. The van der Waals surface area contributed by atoms with Gasteiger partial charge in [-0.05, 0) is 18.4 Å². The third-order valence-corrected chi connectivity index (χ3v) is 2.65. The Balaban J connectivity index is 2.90. The van der Waals surface area contributed by atoms with Crippen LogP contribution in [0.25, 0.3) is 0 Å². The van der Waals surface area contributed by atoms with Crippen molar-refractivity contribution in [2.45, 2.75) is 45.0 Å². The zero-order chi connectivity index (χ0) is 10.2. The molecule has 1 rings (SSSR count). The molecule has 0 saturated heterocycles. The summed E-state index contributed by atoms with van der Waals surface area (Å²) in [5, 5.41) is 28.8. The van der Waals surface area contributed by atoms with E-state index in [1.165, 1.54) is 6.92 Å². The maximum atomic E-state index is 9.66. The highest BCUT2D eigenvalue weighted by atomic mass is 16.3. The van der Waals surface area contributed by atoms with Crippen LogP contribution in [0.1, 0.15) is 27.2 Å². The molecule has 13 heavy (non-hydrogen) atoms. The fourth-order valence-electron chi connectivity index (χ4n) is 1.68. The second-order valence-corrected chi connectivity index (χ2v) is 4.34. The monoisotopic (exact) mass is 186 g/mol. The van der Waals surface area contributed by atoms with Crippen molar-refractivity contribution in [2.75, 3.05) is 0 Å². The van der Waals surface area contributed by atoms with Gasteiger partial charge in [0.15, 0.2) is 0 Å². The minimum Gasteiger partial charge on any atom is -0.389 e. The molecule has 0 unspecified atom stereocenters. The minimum absolute atomic E-state index is 0.207. The van der Waals surface area contributed by atoms with Gasteiger partial charge in [0.25, 0.3) is 0 Å². The lowest BCUT2D eigenvalue weighted by Gasteiger charge is -2.36. The molecule has 3 N–H and O–H groups in total. The molecule has 76 valence electrons. The van der Waals surface area contributed by atoms with Crippen LogP contribution in [0, 0.1) is 5.92 Å². The topological polar surface area (TPSA) is 60.7 Å². The molecular weight excluding hydrogens is 168 g/mol. The number of hydrogen-bond donors (Lipinski definition) is 3.